The Kier molecular flexibility index (Phi) is 14.2. The molecule has 0 spiro atoms. The highest BCUT2D eigenvalue weighted by atomic mass is 19.4. The van der Waals surface area contributed by atoms with E-state index in [0.717, 1.165) is 5.56 Å². The van der Waals surface area contributed by atoms with Gasteiger partial charge in [0.05, 0.1) is 13.2 Å². The second-order valence-corrected chi connectivity index (χ2v) is 8.72. The lowest BCUT2D eigenvalue weighted by atomic mass is 10.1. The molecule has 0 aliphatic carbocycles. The SMILES string of the molecule is CCOC(Cc1ccc(OCCN(CCCCCCC(F)(F)F)C(=O)OCC(C)C)cc1)C(=O)O. The Hall–Kier alpha value is -2.49. The number of nitrogens with zero attached hydrogens (tertiary/aromatic N) is 1. The number of carbonyl (C=O) groups is 2. The second-order valence-electron chi connectivity index (χ2n) is 8.72. The summed E-state index contributed by atoms with van der Waals surface area (Å²) in [5.74, 6) is -0.266. The zero-order valence-electron chi connectivity index (χ0n) is 20.8. The van der Waals surface area contributed by atoms with E-state index in [4.69, 9.17) is 14.2 Å². The first-order chi connectivity index (χ1) is 16.5. The third kappa shape index (κ3) is 14.5. The highest BCUT2D eigenvalue weighted by Gasteiger charge is 2.25. The van der Waals surface area contributed by atoms with Gasteiger partial charge in [0.25, 0.3) is 0 Å². The Balaban J connectivity index is 2.53. The number of unbranched alkanes of at least 4 members (excludes halogenated alkanes) is 3. The van der Waals surface area contributed by atoms with E-state index in [-0.39, 0.29) is 38.5 Å². The van der Waals surface area contributed by atoms with Gasteiger partial charge >= 0.3 is 18.2 Å². The normalized spacial score (nSPS) is 12.4. The molecule has 1 N–H and O–H groups in total. The summed E-state index contributed by atoms with van der Waals surface area (Å²) in [6.45, 7) is 7.04. The number of carbonyl (C=O) groups excluding carboxylic acids is 1. The van der Waals surface area contributed by atoms with E-state index in [2.05, 4.69) is 0 Å². The summed E-state index contributed by atoms with van der Waals surface area (Å²) >= 11 is 0. The quantitative estimate of drug-likeness (QED) is 0.273. The molecule has 0 aromatic heterocycles. The van der Waals surface area contributed by atoms with Crippen molar-refractivity contribution in [3.05, 3.63) is 29.8 Å². The number of aliphatic carboxylic acids is 1. The lowest BCUT2D eigenvalue weighted by Gasteiger charge is -2.23. The van der Waals surface area contributed by atoms with E-state index < -0.39 is 30.8 Å². The van der Waals surface area contributed by atoms with Crippen molar-refractivity contribution >= 4 is 12.1 Å². The molecule has 1 amide bonds. The lowest BCUT2D eigenvalue weighted by Crippen LogP contribution is -2.36. The first-order valence-electron chi connectivity index (χ1n) is 12.1. The van der Waals surface area contributed by atoms with E-state index in [9.17, 15) is 27.9 Å². The number of benzene rings is 1. The molecule has 1 rings (SSSR count). The average Bonchev–Trinajstić information content (AvgIpc) is 2.78. The molecule has 0 radical (unpaired) electrons. The average molecular weight is 506 g/mol. The molecular weight excluding hydrogens is 467 g/mol. The van der Waals surface area contributed by atoms with Gasteiger partial charge in [-0.3, -0.25) is 0 Å². The van der Waals surface area contributed by atoms with E-state index in [1.165, 1.54) is 4.90 Å². The Bertz CT molecular complexity index is 740. The minimum Gasteiger partial charge on any atom is -0.492 e. The van der Waals surface area contributed by atoms with Gasteiger partial charge in [-0.05, 0) is 43.4 Å². The molecule has 1 aromatic carbocycles. The van der Waals surface area contributed by atoms with Crippen LogP contribution in [0.4, 0.5) is 18.0 Å². The number of hydrogen-bond acceptors (Lipinski definition) is 5. The Morgan fingerprint density at radius 3 is 2.26 bits per heavy atom. The van der Waals surface area contributed by atoms with E-state index in [0.29, 0.717) is 38.2 Å². The molecule has 7 nitrogen and oxygen atoms in total. The highest BCUT2D eigenvalue weighted by molar-refractivity contribution is 5.72. The van der Waals surface area contributed by atoms with Gasteiger partial charge < -0.3 is 24.2 Å². The summed E-state index contributed by atoms with van der Waals surface area (Å²) in [6.07, 6.45) is -4.37. The maximum absolute atomic E-state index is 12.4. The van der Waals surface area contributed by atoms with Crippen LogP contribution >= 0.6 is 0 Å². The molecule has 0 bridgehead atoms. The zero-order chi connectivity index (χ0) is 26.3. The third-order valence-electron chi connectivity index (χ3n) is 5.05. The van der Waals surface area contributed by atoms with Crippen LogP contribution in [-0.4, -0.2) is 67.3 Å². The van der Waals surface area contributed by atoms with Crippen molar-refractivity contribution in [3.63, 3.8) is 0 Å². The van der Waals surface area contributed by atoms with Crippen LogP contribution < -0.4 is 4.74 Å². The molecule has 0 heterocycles. The summed E-state index contributed by atoms with van der Waals surface area (Å²) in [7, 11) is 0. The third-order valence-corrected chi connectivity index (χ3v) is 5.05. The van der Waals surface area contributed by atoms with Gasteiger partial charge in [-0.2, -0.15) is 13.2 Å². The van der Waals surface area contributed by atoms with Crippen LogP contribution in [-0.2, 0) is 20.7 Å². The predicted octanol–water partition coefficient (Wildman–Crippen LogP) is 5.71. The number of alkyl halides is 3. The molecule has 200 valence electrons. The molecule has 1 unspecified atom stereocenters. The summed E-state index contributed by atoms with van der Waals surface area (Å²) in [4.78, 5) is 25.2. The Labute approximate surface area is 205 Å². The first kappa shape index (κ1) is 30.5. The Morgan fingerprint density at radius 1 is 1.03 bits per heavy atom. The molecule has 0 aliphatic heterocycles. The van der Waals surface area contributed by atoms with Gasteiger partial charge in [0, 0.05) is 26.0 Å². The summed E-state index contributed by atoms with van der Waals surface area (Å²) in [6, 6.07) is 6.98. The fraction of sp³-hybridized carbons (Fsp3) is 0.680. The molecule has 10 heteroatoms. The minimum atomic E-state index is -4.14. The van der Waals surface area contributed by atoms with Crippen molar-refractivity contribution < 1.29 is 42.1 Å². The van der Waals surface area contributed by atoms with Crippen LogP contribution in [0.25, 0.3) is 0 Å². The number of rotatable bonds is 17. The van der Waals surface area contributed by atoms with E-state index >= 15 is 0 Å². The molecule has 0 saturated carbocycles. The van der Waals surface area contributed by atoms with E-state index in [1.54, 1.807) is 31.2 Å². The number of amides is 1. The van der Waals surface area contributed by atoms with Crippen LogP contribution in [0.3, 0.4) is 0 Å². The zero-order valence-corrected chi connectivity index (χ0v) is 20.8. The minimum absolute atomic E-state index is 0.0815. The number of carboxylic acids is 1. The van der Waals surface area contributed by atoms with Crippen molar-refractivity contribution in [2.24, 2.45) is 5.92 Å². The Morgan fingerprint density at radius 2 is 1.69 bits per heavy atom. The van der Waals surface area contributed by atoms with E-state index in [1.807, 2.05) is 13.8 Å². The molecule has 0 aliphatic rings. The van der Waals surface area contributed by atoms with Gasteiger partial charge in [0.15, 0.2) is 6.10 Å². The largest absolute Gasteiger partial charge is 0.492 e. The van der Waals surface area contributed by atoms with Gasteiger partial charge in [-0.15, -0.1) is 0 Å². The van der Waals surface area contributed by atoms with Crippen molar-refractivity contribution in [2.45, 2.75) is 71.6 Å². The van der Waals surface area contributed by atoms with Gasteiger partial charge in [0.2, 0.25) is 0 Å². The highest BCUT2D eigenvalue weighted by Crippen LogP contribution is 2.23. The predicted molar refractivity (Wildman–Crippen MR) is 126 cm³/mol. The van der Waals surface area contributed by atoms with Gasteiger partial charge in [-0.25, -0.2) is 9.59 Å². The summed E-state index contributed by atoms with van der Waals surface area (Å²) in [5, 5.41) is 9.20. The smallest absolute Gasteiger partial charge is 0.409 e. The van der Waals surface area contributed by atoms with Crippen LogP contribution in [0.5, 0.6) is 5.75 Å². The van der Waals surface area contributed by atoms with Crippen molar-refractivity contribution in [3.8, 4) is 5.75 Å². The molecule has 1 atom stereocenters. The fourth-order valence-electron chi connectivity index (χ4n) is 3.23. The maximum Gasteiger partial charge on any atom is 0.409 e. The summed E-state index contributed by atoms with van der Waals surface area (Å²) < 4.78 is 53.0. The topological polar surface area (TPSA) is 85.3 Å². The molecule has 0 saturated heterocycles. The monoisotopic (exact) mass is 505 g/mol. The maximum atomic E-state index is 12.4. The number of halogens is 3. The molecular formula is C25H38F3NO6. The fourth-order valence-corrected chi connectivity index (χ4v) is 3.23. The van der Waals surface area contributed by atoms with Gasteiger partial charge in [-0.1, -0.05) is 38.8 Å². The van der Waals surface area contributed by atoms with Crippen LogP contribution in [0.1, 0.15) is 58.4 Å². The number of ether oxygens (including phenoxy) is 3. The summed E-state index contributed by atoms with van der Waals surface area (Å²) in [5.41, 5.74) is 0.794. The lowest BCUT2D eigenvalue weighted by molar-refractivity contribution is -0.150. The number of carboxylic acid groups (broad SMARTS) is 1. The van der Waals surface area contributed by atoms with Crippen molar-refractivity contribution in [1.82, 2.24) is 4.90 Å². The van der Waals surface area contributed by atoms with Crippen LogP contribution in [0.15, 0.2) is 24.3 Å². The van der Waals surface area contributed by atoms with Crippen LogP contribution in [0, 0.1) is 5.92 Å². The second kappa shape index (κ2) is 16.2. The molecule has 0 fully saturated rings. The van der Waals surface area contributed by atoms with Crippen LogP contribution in [0.2, 0.25) is 0 Å². The molecule has 35 heavy (non-hydrogen) atoms. The van der Waals surface area contributed by atoms with Crippen molar-refractivity contribution in [1.29, 1.82) is 0 Å². The van der Waals surface area contributed by atoms with Gasteiger partial charge in [0.1, 0.15) is 12.4 Å². The molecule has 1 aromatic rings. The van der Waals surface area contributed by atoms with Crippen molar-refractivity contribution in [2.75, 3.05) is 32.9 Å². The number of hydrogen-bond donors (Lipinski definition) is 1. The standard InChI is InChI=1S/C25H38F3NO6/c1-4-33-22(23(30)31)17-20-9-11-21(12-10-20)34-16-15-29(24(32)35-18-19(2)3)14-8-6-5-7-13-25(26,27)28/h9-12,19,22H,4-8,13-18H2,1-3H3,(H,30,31). The first-order valence-corrected chi connectivity index (χ1v) is 12.1.